The van der Waals surface area contributed by atoms with Crippen molar-refractivity contribution < 1.29 is 34.5 Å². The van der Waals surface area contributed by atoms with E-state index in [-0.39, 0.29) is 30.8 Å². The number of hydrogen-bond donors (Lipinski definition) is 6. The Balaban J connectivity index is 1.78. The molecule has 3 amide bonds. The van der Waals surface area contributed by atoms with E-state index in [0.717, 1.165) is 5.56 Å². The van der Waals surface area contributed by atoms with Gasteiger partial charge in [-0.2, -0.15) is 11.8 Å². The number of amides is 3. The fourth-order valence-corrected chi connectivity index (χ4v) is 5.06. The summed E-state index contributed by atoms with van der Waals surface area (Å²) in [7, 11) is 0. The third-order valence-corrected chi connectivity index (χ3v) is 7.43. The van der Waals surface area contributed by atoms with Crippen LogP contribution in [-0.4, -0.2) is 86.6 Å². The van der Waals surface area contributed by atoms with Crippen LogP contribution >= 0.6 is 11.8 Å². The van der Waals surface area contributed by atoms with Crippen LogP contribution in [0.15, 0.2) is 48.5 Å². The topological polar surface area (TPSA) is 182 Å². The lowest BCUT2D eigenvalue weighted by molar-refractivity contribution is -0.149. The predicted molar refractivity (Wildman–Crippen MR) is 151 cm³/mol. The Morgan fingerprint density at radius 3 is 2.02 bits per heavy atom. The fourth-order valence-electron chi connectivity index (χ4n) is 4.59. The summed E-state index contributed by atoms with van der Waals surface area (Å²) in [6.07, 6.45) is 3.29. The quantitative estimate of drug-likeness (QED) is 0.204. The van der Waals surface area contributed by atoms with E-state index in [0.29, 0.717) is 30.7 Å². The summed E-state index contributed by atoms with van der Waals surface area (Å²) in [5.41, 5.74) is 7.51. The minimum absolute atomic E-state index is 0.0473. The summed E-state index contributed by atoms with van der Waals surface area (Å²) < 4.78 is 0. The summed E-state index contributed by atoms with van der Waals surface area (Å²) in [6.45, 7) is 0.293. The van der Waals surface area contributed by atoms with Gasteiger partial charge in [-0.1, -0.05) is 24.3 Å². The average molecular weight is 573 g/mol. The van der Waals surface area contributed by atoms with Gasteiger partial charge >= 0.3 is 5.97 Å². The van der Waals surface area contributed by atoms with Gasteiger partial charge in [0.25, 0.3) is 0 Å². The van der Waals surface area contributed by atoms with Crippen LogP contribution < -0.4 is 16.4 Å². The highest BCUT2D eigenvalue weighted by Crippen LogP contribution is 2.20. The first kappa shape index (κ1) is 30.8. The molecule has 3 rings (SSSR count). The minimum atomic E-state index is -1.10. The standard InChI is InChI=1S/C28H36N4O7S/c1-40-14-12-22(27(37)32-13-2-3-24(32)28(38)39)30-26(36)23(16-18-6-10-20(34)11-7-18)31-25(35)21(29)15-17-4-8-19(33)9-5-17/h4-11,21-24,33-34H,2-3,12-16,29H2,1H3,(H,30,36)(H,31,35)(H,38,39). The monoisotopic (exact) mass is 572 g/mol. The second-order valence-electron chi connectivity index (χ2n) is 9.78. The van der Waals surface area contributed by atoms with E-state index in [2.05, 4.69) is 10.6 Å². The molecule has 1 aliphatic rings. The number of rotatable bonds is 13. The van der Waals surface area contributed by atoms with E-state index in [1.54, 1.807) is 24.3 Å². The Labute approximate surface area is 237 Å². The predicted octanol–water partition coefficient (Wildman–Crippen LogP) is 1.01. The summed E-state index contributed by atoms with van der Waals surface area (Å²) in [5, 5.41) is 34.1. The highest BCUT2D eigenvalue weighted by atomic mass is 32.2. The molecule has 40 heavy (non-hydrogen) atoms. The van der Waals surface area contributed by atoms with Gasteiger partial charge in [0, 0.05) is 13.0 Å². The lowest BCUT2D eigenvalue weighted by Crippen LogP contribution is -2.58. The van der Waals surface area contributed by atoms with E-state index in [1.165, 1.54) is 40.9 Å². The third kappa shape index (κ3) is 8.62. The highest BCUT2D eigenvalue weighted by Gasteiger charge is 2.38. The van der Waals surface area contributed by atoms with Crippen molar-refractivity contribution in [1.29, 1.82) is 0 Å². The lowest BCUT2D eigenvalue weighted by atomic mass is 10.0. The summed E-state index contributed by atoms with van der Waals surface area (Å²) in [6, 6.07) is 8.45. The molecule has 1 saturated heterocycles. The van der Waals surface area contributed by atoms with Crippen LogP contribution in [-0.2, 0) is 32.0 Å². The van der Waals surface area contributed by atoms with Crippen LogP contribution in [0.5, 0.6) is 11.5 Å². The molecule has 2 aromatic carbocycles. The number of aromatic hydroxyl groups is 2. The Morgan fingerprint density at radius 2 is 1.48 bits per heavy atom. The first-order valence-electron chi connectivity index (χ1n) is 13.0. The molecule has 2 aromatic rings. The molecule has 11 nitrogen and oxygen atoms in total. The van der Waals surface area contributed by atoms with Crippen LogP contribution in [0.2, 0.25) is 0 Å². The first-order valence-corrected chi connectivity index (χ1v) is 14.4. The number of phenolic OH excluding ortho intramolecular Hbond substituents is 2. The molecular weight excluding hydrogens is 536 g/mol. The number of phenols is 2. The second kappa shape index (κ2) is 14.6. The van der Waals surface area contributed by atoms with E-state index in [9.17, 15) is 34.5 Å². The number of carboxylic acid groups (broad SMARTS) is 1. The van der Waals surface area contributed by atoms with Gasteiger partial charge in [0.15, 0.2) is 0 Å². The molecule has 0 radical (unpaired) electrons. The van der Waals surface area contributed by atoms with Gasteiger partial charge < -0.3 is 36.6 Å². The Kier molecular flexibility index (Phi) is 11.2. The van der Waals surface area contributed by atoms with Crippen LogP contribution in [0, 0.1) is 0 Å². The van der Waals surface area contributed by atoms with Crippen LogP contribution in [0.4, 0.5) is 0 Å². The molecule has 4 atom stereocenters. The smallest absolute Gasteiger partial charge is 0.326 e. The number of benzene rings is 2. The van der Waals surface area contributed by atoms with Crippen LogP contribution in [0.1, 0.15) is 30.4 Å². The van der Waals surface area contributed by atoms with Crippen molar-refractivity contribution in [3.63, 3.8) is 0 Å². The molecular formula is C28H36N4O7S. The molecule has 0 aromatic heterocycles. The van der Waals surface area contributed by atoms with Gasteiger partial charge in [0.1, 0.15) is 29.6 Å². The molecule has 216 valence electrons. The second-order valence-corrected chi connectivity index (χ2v) is 10.8. The van der Waals surface area contributed by atoms with Gasteiger partial charge in [-0.25, -0.2) is 4.79 Å². The van der Waals surface area contributed by atoms with E-state index < -0.39 is 47.9 Å². The van der Waals surface area contributed by atoms with Crippen molar-refractivity contribution >= 4 is 35.5 Å². The van der Waals surface area contributed by atoms with Crippen molar-refractivity contribution in [2.24, 2.45) is 5.73 Å². The molecule has 4 unspecified atom stereocenters. The number of carboxylic acids is 1. The number of thioether (sulfide) groups is 1. The normalized spacial score (nSPS) is 17.1. The SMILES string of the molecule is CSCCC(NC(=O)C(Cc1ccc(O)cc1)NC(=O)C(N)Cc1ccc(O)cc1)C(=O)N1CCCC1C(=O)O. The van der Waals surface area contributed by atoms with Crippen molar-refractivity contribution in [3.05, 3.63) is 59.7 Å². The van der Waals surface area contributed by atoms with Gasteiger partial charge in [-0.3, -0.25) is 14.4 Å². The molecule has 0 saturated carbocycles. The number of nitrogens with one attached hydrogen (secondary N) is 2. The molecule has 1 fully saturated rings. The maximum absolute atomic E-state index is 13.5. The van der Waals surface area contributed by atoms with Crippen molar-refractivity contribution in [3.8, 4) is 11.5 Å². The maximum Gasteiger partial charge on any atom is 0.326 e. The average Bonchev–Trinajstić information content (AvgIpc) is 3.43. The van der Waals surface area contributed by atoms with Gasteiger partial charge in [-0.05, 0) is 73.1 Å². The summed E-state index contributed by atoms with van der Waals surface area (Å²) >= 11 is 1.49. The van der Waals surface area contributed by atoms with Crippen LogP contribution in [0.25, 0.3) is 0 Å². The third-order valence-electron chi connectivity index (χ3n) is 6.78. The number of hydrogen-bond acceptors (Lipinski definition) is 8. The Hall–Kier alpha value is -3.77. The molecule has 1 aliphatic heterocycles. The fraction of sp³-hybridized carbons (Fsp3) is 0.429. The molecule has 12 heteroatoms. The number of nitrogens with zero attached hydrogens (tertiary/aromatic N) is 1. The Bertz CT molecular complexity index is 1180. The first-order chi connectivity index (χ1) is 19.1. The lowest BCUT2D eigenvalue weighted by Gasteiger charge is -2.29. The largest absolute Gasteiger partial charge is 0.508 e. The van der Waals surface area contributed by atoms with Gasteiger partial charge in [0.05, 0.1) is 6.04 Å². The molecule has 0 spiro atoms. The summed E-state index contributed by atoms with van der Waals surface area (Å²) in [4.78, 5) is 52.9. The minimum Gasteiger partial charge on any atom is -0.508 e. The van der Waals surface area contributed by atoms with E-state index in [1.807, 2.05) is 6.26 Å². The zero-order valence-electron chi connectivity index (χ0n) is 22.3. The van der Waals surface area contributed by atoms with Crippen molar-refractivity contribution in [2.45, 2.75) is 56.3 Å². The van der Waals surface area contributed by atoms with E-state index >= 15 is 0 Å². The van der Waals surface area contributed by atoms with E-state index in [4.69, 9.17) is 5.73 Å². The molecule has 0 bridgehead atoms. The highest BCUT2D eigenvalue weighted by molar-refractivity contribution is 7.98. The van der Waals surface area contributed by atoms with Crippen molar-refractivity contribution in [2.75, 3.05) is 18.6 Å². The zero-order chi connectivity index (χ0) is 29.2. The van der Waals surface area contributed by atoms with Gasteiger partial charge in [0.2, 0.25) is 17.7 Å². The Morgan fingerprint density at radius 1 is 0.925 bits per heavy atom. The number of nitrogens with two attached hydrogens (primary N) is 1. The number of carbonyl (C=O) groups excluding carboxylic acids is 3. The van der Waals surface area contributed by atoms with Crippen LogP contribution in [0.3, 0.4) is 0 Å². The number of carbonyl (C=O) groups is 4. The van der Waals surface area contributed by atoms with Gasteiger partial charge in [-0.15, -0.1) is 0 Å². The summed E-state index contributed by atoms with van der Waals surface area (Å²) in [5.74, 6) is -2.05. The molecule has 0 aliphatic carbocycles. The zero-order valence-corrected chi connectivity index (χ0v) is 23.1. The number of aliphatic carboxylic acids is 1. The maximum atomic E-state index is 13.5. The molecule has 7 N–H and O–H groups in total. The number of likely N-dealkylation sites (tertiary alicyclic amines) is 1. The molecule has 1 heterocycles. The van der Waals surface area contributed by atoms with Crippen molar-refractivity contribution in [1.82, 2.24) is 15.5 Å².